The Bertz CT molecular complexity index is 511. The molecular weight excluding hydrogens is 239 g/mol. The number of halogens is 2. The SMILES string of the molecule is Cc1cc(Cl)c(OCc2ccccc2)cc1F. The third-order valence-electron chi connectivity index (χ3n) is 2.45. The second kappa shape index (κ2) is 5.19. The molecule has 17 heavy (non-hydrogen) atoms. The second-order valence-corrected chi connectivity index (χ2v) is 4.21. The van der Waals surface area contributed by atoms with Crippen molar-refractivity contribution in [1.29, 1.82) is 0 Å². The van der Waals surface area contributed by atoms with E-state index >= 15 is 0 Å². The third-order valence-corrected chi connectivity index (χ3v) is 2.75. The first-order chi connectivity index (χ1) is 8.16. The normalized spacial score (nSPS) is 10.3. The van der Waals surface area contributed by atoms with Crippen LogP contribution in [0.4, 0.5) is 4.39 Å². The molecule has 0 atom stereocenters. The summed E-state index contributed by atoms with van der Waals surface area (Å²) in [5.41, 5.74) is 1.53. The van der Waals surface area contributed by atoms with Gasteiger partial charge in [0.05, 0.1) is 5.02 Å². The van der Waals surface area contributed by atoms with E-state index in [9.17, 15) is 4.39 Å². The molecule has 0 aromatic heterocycles. The average molecular weight is 251 g/mol. The Hall–Kier alpha value is -1.54. The maximum atomic E-state index is 13.3. The summed E-state index contributed by atoms with van der Waals surface area (Å²) >= 11 is 5.98. The van der Waals surface area contributed by atoms with Gasteiger partial charge < -0.3 is 4.74 Å². The highest BCUT2D eigenvalue weighted by Crippen LogP contribution is 2.28. The van der Waals surface area contributed by atoms with Crippen molar-refractivity contribution in [3.05, 3.63) is 64.4 Å². The lowest BCUT2D eigenvalue weighted by Gasteiger charge is -2.09. The zero-order valence-electron chi connectivity index (χ0n) is 9.41. The van der Waals surface area contributed by atoms with E-state index in [1.165, 1.54) is 6.07 Å². The molecule has 88 valence electrons. The summed E-state index contributed by atoms with van der Waals surface area (Å²) in [6.07, 6.45) is 0. The van der Waals surface area contributed by atoms with Crippen LogP contribution in [0.5, 0.6) is 5.75 Å². The van der Waals surface area contributed by atoms with Crippen molar-refractivity contribution in [1.82, 2.24) is 0 Å². The van der Waals surface area contributed by atoms with Crippen LogP contribution < -0.4 is 4.74 Å². The average Bonchev–Trinajstić information content (AvgIpc) is 2.33. The number of hydrogen-bond acceptors (Lipinski definition) is 1. The van der Waals surface area contributed by atoms with Crippen LogP contribution in [0.25, 0.3) is 0 Å². The summed E-state index contributed by atoms with van der Waals surface area (Å²) in [5, 5.41) is 0.430. The minimum Gasteiger partial charge on any atom is -0.487 e. The highest BCUT2D eigenvalue weighted by molar-refractivity contribution is 6.32. The van der Waals surface area contributed by atoms with Crippen LogP contribution >= 0.6 is 11.6 Å². The first-order valence-corrected chi connectivity index (χ1v) is 5.67. The van der Waals surface area contributed by atoms with Crippen LogP contribution in [0.15, 0.2) is 42.5 Å². The molecule has 2 aromatic rings. The maximum absolute atomic E-state index is 13.3. The molecule has 0 amide bonds. The van der Waals surface area contributed by atoms with E-state index in [1.807, 2.05) is 30.3 Å². The van der Waals surface area contributed by atoms with E-state index in [0.717, 1.165) is 5.56 Å². The van der Waals surface area contributed by atoms with Gasteiger partial charge in [-0.25, -0.2) is 4.39 Å². The van der Waals surface area contributed by atoms with Crippen molar-refractivity contribution < 1.29 is 9.13 Å². The van der Waals surface area contributed by atoms with E-state index in [4.69, 9.17) is 16.3 Å². The van der Waals surface area contributed by atoms with E-state index in [1.54, 1.807) is 13.0 Å². The summed E-state index contributed by atoms with van der Waals surface area (Å²) in [5.74, 6) is 0.0658. The molecular formula is C14H12ClFO. The monoisotopic (exact) mass is 250 g/mol. The molecule has 0 spiro atoms. The van der Waals surface area contributed by atoms with Gasteiger partial charge >= 0.3 is 0 Å². The van der Waals surface area contributed by atoms with Crippen LogP contribution in [-0.2, 0) is 6.61 Å². The second-order valence-electron chi connectivity index (χ2n) is 3.81. The van der Waals surface area contributed by atoms with Gasteiger partial charge in [-0.2, -0.15) is 0 Å². The highest BCUT2D eigenvalue weighted by atomic mass is 35.5. The van der Waals surface area contributed by atoms with Gasteiger partial charge in [-0.05, 0) is 24.1 Å². The molecule has 0 saturated heterocycles. The zero-order valence-corrected chi connectivity index (χ0v) is 10.2. The molecule has 2 rings (SSSR count). The third kappa shape index (κ3) is 2.98. The van der Waals surface area contributed by atoms with E-state index in [-0.39, 0.29) is 5.82 Å². The van der Waals surface area contributed by atoms with Gasteiger partial charge in [-0.3, -0.25) is 0 Å². The molecule has 0 heterocycles. The molecule has 3 heteroatoms. The lowest BCUT2D eigenvalue weighted by atomic mass is 10.2. The van der Waals surface area contributed by atoms with Gasteiger partial charge in [0.2, 0.25) is 0 Å². The fraction of sp³-hybridized carbons (Fsp3) is 0.143. The molecule has 0 fully saturated rings. The van der Waals surface area contributed by atoms with Crippen LogP contribution in [0.2, 0.25) is 5.02 Å². The van der Waals surface area contributed by atoms with E-state index in [2.05, 4.69) is 0 Å². The smallest absolute Gasteiger partial charge is 0.141 e. The molecule has 0 N–H and O–H groups in total. The Labute approximate surface area is 105 Å². The fourth-order valence-electron chi connectivity index (χ4n) is 1.47. The first kappa shape index (κ1) is 11.9. The number of hydrogen-bond donors (Lipinski definition) is 0. The van der Waals surface area contributed by atoms with Crippen molar-refractivity contribution in [3.63, 3.8) is 0 Å². The Kier molecular flexibility index (Phi) is 3.64. The van der Waals surface area contributed by atoms with Crippen molar-refractivity contribution in [2.24, 2.45) is 0 Å². The number of rotatable bonds is 3. The van der Waals surface area contributed by atoms with Crippen LogP contribution in [0.1, 0.15) is 11.1 Å². The topological polar surface area (TPSA) is 9.23 Å². The maximum Gasteiger partial charge on any atom is 0.141 e. The largest absolute Gasteiger partial charge is 0.487 e. The standard InChI is InChI=1S/C14H12ClFO/c1-10-7-12(15)14(8-13(10)16)17-9-11-5-3-2-4-6-11/h2-8H,9H2,1H3. The molecule has 0 unspecified atom stereocenters. The minimum atomic E-state index is -0.308. The van der Waals surface area contributed by atoms with Crippen molar-refractivity contribution in [2.75, 3.05) is 0 Å². The summed E-state index contributed by atoms with van der Waals surface area (Å²) in [6.45, 7) is 2.05. The summed E-state index contributed by atoms with van der Waals surface area (Å²) in [7, 11) is 0. The predicted octanol–water partition coefficient (Wildman–Crippen LogP) is 4.37. The molecule has 0 aliphatic rings. The molecule has 0 radical (unpaired) electrons. The quantitative estimate of drug-likeness (QED) is 0.786. The van der Waals surface area contributed by atoms with Crippen LogP contribution in [-0.4, -0.2) is 0 Å². The molecule has 0 bridgehead atoms. The fourth-order valence-corrected chi connectivity index (χ4v) is 1.75. The Morgan fingerprint density at radius 2 is 1.88 bits per heavy atom. The summed E-state index contributed by atoms with van der Waals surface area (Å²) in [6, 6.07) is 12.6. The lowest BCUT2D eigenvalue weighted by Crippen LogP contribution is -1.97. The summed E-state index contributed by atoms with van der Waals surface area (Å²) in [4.78, 5) is 0. The van der Waals surface area contributed by atoms with E-state index in [0.29, 0.717) is 22.9 Å². The number of ether oxygens (including phenoxy) is 1. The van der Waals surface area contributed by atoms with Gasteiger partial charge in [0, 0.05) is 6.07 Å². The molecule has 2 aromatic carbocycles. The minimum absolute atomic E-state index is 0.308. The first-order valence-electron chi connectivity index (χ1n) is 5.29. The highest BCUT2D eigenvalue weighted by Gasteiger charge is 2.06. The van der Waals surface area contributed by atoms with Crippen LogP contribution in [0.3, 0.4) is 0 Å². The molecule has 1 nitrogen and oxygen atoms in total. The predicted molar refractivity (Wildman–Crippen MR) is 66.9 cm³/mol. The van der Waals surface area contributed by atoms with E-state index < -0.39 is 0 Å². The molecule has 0 saturated carbocycles. The summed E-state index contributed by atoms with van der Waals surface area (Å²) < 4.78 is 18.8. The van der Waals surface area contributed by atoms with Gasteiger partial charge in [0.1, 0.15) is 18.2 Å². The van der Waals surface area contributed by atoms with Crippen LogP contribution in [0, 0.1) is 12.7 Å². The zero-order chi connectivity index (χ0) is 12.3. The number of aryl methyl sites for hydroxylation is 1. The van der Waals surface area contributed by atoms with Crippen molar-refractivity contribution >= 4 is 11.6 Å². The van der Waals surface area contributed by atoms with Gasteiger partial charge in [0.25, 0.3) is 0 Å². The Morgan fingerprint density at radius 3 is 2.59 bits per heavy atom. The molecule has 0 aliphatic heterocycles. The van der Waals surface area contributed by atoms with Gasteiger partial charge in [0.15, 0.2) is 0 Å². The van der Waals surface area contributed by atoms with Crippen molar-refractivity contribution in [2.45, 2.75) is 13.5 Å². The Balaban J connectivity index is 2.12. The Morgan fingerprint density at radius 1 is 1.18 bits per heavy atom. The number of benzene rings is 2. The lowest BCUT2D eigenvalue weighted by molar-refractivity contribution is 0.304. The molecule has 0 aliphatic carbocycles. The van der Waals surface area contributed by atoms with Gasteiger partial charge in [-0.15, -0.1) is 0 Å². The van der Waals surface area contributed by atoms with Gasteiger partial charge in [-0.1, -0.05) is 41.9 Å². The van der Waals surface area contributed by atoms with Crippen molar-refractivity contribution in [3.8, 4) is 5.75 Å².